The van der Waals surface area contributed by atoms with Crippen LogP contribution in [0.2, 0.25) is 5.02 Å². The van der Waals surface area contributed by atoms with Crippen molar-refractivity contribution in [2.75, 3.05) is 19.0 Å². The van der Waals surface area contributed by atoms with Crippen LogP contribution in [-0.4, -0.2) is 35.4 Å². The van der Waals surface area contributed by atoms with Gasteiger partial charge in [-0.3, -0.25) is 9.48 Å². The molecule has 0 saturated carbocycles. The Labute approximate surface area is 134 Å². The van der Waals surface area contributed by atoms with Crippen molar-refractivity contribution in [3.05, 3.63) is 41.7 Å². The van der Waals surface area contributed by atoms with Gasteiger partial charge >= 0.3 is 0 Å². The second-order valence-electron chi connectivity index (χ2n) is 4.91. The summed E-state index contributed by atoms with van der Waals surface area (Å²) in [5, 5.41) is 10.6. The molecule has 1 aromatic heterocycles. The van der Waals surface area contributed by atoms with E-state index in [1.54, 1.807) is 24.4 Å². The van der Waals surface area contributed by atoms with Gasteiger partial charge in [-0.2, -0.15) is 5.10 Å². The molecule has 6 nitrogen and oxygen atoms in total. The molecule has 0 aliphatic rings. The summed E-state index contributed by atoms with van der Waals surface area (Å²) in [4.78, 5) is 11.9. The summed E-state index contributed by atoms with van der Waals surface area (Å²) in [5.41, 5.74) is 0.646. The van der Waals surface area contributed by atoms with Gasteiger partial charge in [0, 0.05) is 30.2 Å². The SMILES string of the molecule is COc1cc(NC(=O)CN[C@H](C)Cn2cccn2)ccc1Cl. The molecule has 0 radical (unpaired) electrons. The van der Waals surface area contributed by atoms with E-state index < -0.39 is 0 Å². The molecule has 0 unspecified atom stereocenters. The van der Waals surface area contributed by atoms with E-state index in [1.165, 1.54) is 7.11 Å². The minimum Gasteiger partial charge on any atom is -0.495 e. The van der Waals surface area contributed by atoms with Gasteiger partial charge in [-0.15, -0.1) is 0 Å². The van der Waals surface area contributed by atoms with Crippen LogP contribution in [0.15, 0.2) is 36.7 Å². The molecule has 7 heteroatoms. The molecule has 1 aromatic carbocycles. The van der Waals surface area contributed by atoms with Crippen LogP contribution < -0.4 is 15.4 Å². The van der Waals surface area contributed by atoms with Gasteiger partial charge in [0.05, 0.1) is 25.2 Å². The molecule has 0 spiro atoms. The number of amides is 1. The van der Waals surface area contributed by atoms with Crippen molar-refractivity contribution >= 4 is 23.2 Å². The van der Waals surface area contributed by atoms with Gasteiger partial charge in [-0.05, 0) is 25.1 Å². The quantitative estimate of drug-likeness (QED) is 0.819. The van der Waals surface area contributed by atoms with Crippen molar-refractivity contribution < 1.29 is 9.53 Å². The minimum atomic E-state index is -0.128. The Balaban J connectivity index is 1.80. The van der Waals surface area contributed by atoms with Crippen molar-refractivity contribution in [1.29, 1.82) is 0 Å². The lowest BCUT2D eigenvalue weighted by Gasteiger charge is -2.14. The highest BCUT2D eigenvalue weighted by Gasteiger charge is 2.08. The third kappa shape index (κ3) is 4.75. The zero-order chi connectivity index (χ0) is 15.9. The Morgan fingerprint density at radius 3 is 3.00 bits per heavy atom. The van der Waals surface area contributed by atoms with E-state index in [4.69, 9.17) is 16.3 Å². The van der Waals surface area contributed by atoms with Crippen molar-refractivity contribution in [2.45, 2.75) is 19.5 Å². The number of carbonyl (C=O) groups excluding carboxylic acids is 1. The summed E-state index contributed by atoms with van der Waals surface area (Å²) >= 11 is 5.94. The normalized spacial score (nSPS) is 12.0. The Bertz CT molecular complexity index is 616. The van der Waals surface area contributed by atoms with Crippen LogP contribution in [0.25, 0.3) is 0 Å². The second kappa shape index (κ2) is 7.82. The second-order valence-corrected chi connectivity index (χ2v) is 5.31. The topological polar surface area (TPSA) is 68.2 Å². The van der Waals surface area contributed by atoms with Gasteiger partial charge in [-0.1, -0.05) is 11.6 Å². The van der Waals surface area contributed by atoms with Gasteiger partial charge in [0.2, 0.25) is 5.91 Å². The lowest BCUT2D eigenvalue weighted by atomic mass is 10.3. The number of nitrogens with one attached hydrogen (secondary N) is 2. The first-order chi connectivity index (χ1) is 10.6. The van der Waals surface area contributed by atoms with Crippen LogP contribution in [0, 0.1) is 0 Å². The Morgan fingerprint density at radius 2 is 2.32 bits per heavy atom. The maximum atomic E-state index is 11.9. The molecule has 118 valence electrons. The lowest BCUT2D eigenvalue weighted by Crippen LogP contribution is -2.36. The van der Waals surface area contributed by atoms with Crippen LogP contribution >= 0.6 is 11.6 Å². The van der Waals surface area contributed by atoms with Crippen molar-refractivity contribution in [3.63, 3.8) is 0 Å². The van der Waals surface area contributed by atoms with Crippen LogP contribution in [-0.2, 0) is 11.3 Å². The summed E-state index contributed by atoms with van der Waals surface area (Å²) in [6.45, 7) is 2.92. The fourth-order valence-corrected chi connectivity index (χ4v) is 2.16. The molecule has 1 heterocycles. The van der Waals surface area contributed by atoms with Crippen LogP contribution in [0.1, 0.15) is 6.92 Å². The van der Waals surface area contributed by atoms with Crippen molar-refractivity contribution in [3.8, 4) is 5.75 Å². The molecule has 0 aliphatic carbocycles. The number of hydrogen-bond donors (Lipinski definition) is 2. The summed E-state index contributed by atoms with van der Waals surface area (Å²) in [7, 11) is 1.53. The predicted molar refractivity (Wildman–Crippen MR) is 86.3 cm³/mol. The molecule has 1 amide bonds. The third-order valence-corrected chi connectivity index (χ3v) is 3.38. The summed E-state index contributed by atoms with van der Waals surface area (Å²) in [6, 6.07) is 7.10. The summed E-state index contributed by atoms with van der Waals surface area (Å²) < 4.78 is 6.93. The van der Waals surface area contributed by atoms with Crippen LogP contribution in [0.5, 0.6) is 5.75 Å². The lowest BCUT2D eigenvalue weighted by molar-refractivity contribution is -0.115. The van der Waals surface area contributed by atoms with E-state index in [0.29, 0.717) is 23.0 Å². The number of benzene rings is 1. The maximum Gasteiger partial charge on any atom is 0.238 e. The number of nitrogens with zero attached hydrogens (tertiary/aromatic N) is 2. The zero-order valence-electron chi connectivity index (χ0n) is 12.5. The number of anilines is 1. The van der Waals surface area contributed by atoms with Gasteiger partial charge in [-0.25, -0.2) is 0 Å². The molecular formula is C15H19ClN4O2. The highest BCUT2D eigenvalue weighted by molar-refractivity contribution is 6.32. The van der Waals surface area contributed by atoms with Crippen LogP contribution in [0.4, 0.5) is 5.69 Å². The molecular weight excluding hydrogens is 304 g/mol. The smallest absolute Gasteiger partial charge is 0.238 e. The average Bonchev–Trinajstić information content (AvgIpc) is 3.00. The van der Waals surface area contributed by atoms with Crippen molar-refractivity contribution in [2.24, 2.45) is 0 Å². The monoisotopic (exact) mass is 322 g/mol. The minimum absolute atomic E-state index is 0.128. The van der Waals surface area contributed by atoms with Crippen molar-refractivity contribution in [1.82, 2.24) is 15.1 Å². The molecule has 0 aliphatic heterocycles. The Hall–Kier alpha value is -2.05. The van der Waals surface area contributed by atoms with Gasteiger partial charge in [0.15, 0.2) is 0 Å². The van der Waals surface area contributed by atoms with E-state index >= 15 is 0 Å². The Morgan fingerprint density at radius 1 is 1.50 bits per heavy atom. The van der Waals surface area contributed by atoms with E-state index in [2.05, 4.69) is 15.7 Å². The van der Waals surface area contributed by atoms with Gasteiger partial charge in [0.1, 0.15) is 5.75 Å². The highest BCUT2D eigenvalue weighted by atomic mass is 35.5. The first kappa shape index (κ1) is 16.3. The molecule has 0 saturated heterocycles. The van der Waals surface area contributed by atoms with E-state index in [-0.39, 0.29) is 18.5 Å². The van der Waals surface area contributed by atoms with E-state index in [1.807, 2.05) is 23.9 Å². The molecule has 22 heavy (non-hydrogen) atoms. The summed E-state index contributed by atoms with van der Waals surface area (Å²) in [6.07, 6.45) is 3.62. The highest BCUT2D eigenvalue weighted by Crippen LogP contribution is 2.27. The van der Waals surface area contributed by atoms with Crippen LogP contribution in [0.3, 0.4) is 0 Å². The van der Waals surface area contributed by atoms with Gasteiger partial charge < -0.3 is 15.4 Å². The number of carbonyl (C=O) groups is 1. The maximum absolute atomic E-state index is 11.9. The first-order valence-corrected chi connectivity index (χ1v) is 7.30. The average molecular weight is 323 g/mol. The molecule has 2 N–H and O–H groups in total. The standard InChI is InChI=1S/C15H19ClN4O2/c1-11(10-20-7-3-6-18-20)17-9-15(21)19-12-4-5-13(16)14(8-12)22-2/h3-8,11,17H,9-10H2,1-2H3,(H,19,21)/t11-/m1/s1. The largest absolute Gasteiger partial charge is 0.495 e. The van der Waals surface area contributed by atoms with E-state index in [9.17, 15) is 4.79 Å². The number of rotatable bonds is 7. The Kier molecular flexibility index (Phi) is 5.80. The molecule has 1 atom stereocenters. The fraction of sp³-hybridized carbons (Fsp3) is 0.333. The first-order valence-electron chi connectivity index (χ1n) is 6.92. The summed E-state index contributed by atoms with van der Waals surface area (Å²) in [5.74, 6) is 0.399. The van der Waals surface area contributed by atoms with Gasteiger partial charge in [0.25, 0.3) is 0 Å². The predicted octanol–water partition coefficient (Wildman–Crippen LogP) is 2.16. The number of halogens is 1. The molecule has 0 bridgehead atoms. The molecule has 2 aromatic rings. The zero-order valence-corrected chi connectivity index (χ0v) is 13.3. The van der Waals surface area contributed by atoms with E-state index in [0.717, 1.165) is 0 Å². The number of aromatic nitrogens is 2. The number of ether oxygens (including phenoxy) is 1. The third-order valence-electron chi connectivity index (χ3n) is 3.07. The number of methoxy groups -OCH3 is 1. The fourth-order valence-electron chi connectivity index (χ4n) is 1.96. The molecule has 2 rings (SSSR count). The number of hydrogen-bond acceptors (Lipinski definition) is 4. The molecule has 0 fully saturated rings.